The Kier molecular flexibility index (Phi) is 4.03. The molecule has 0 saturated heterocycles. The highest BCUT2D eigenvalue weighted by molar-refractivity contribution is 8.02. The standard InChI is InChI=1S/C6H9S/c1-4-6(3)7-5-2/h1,5-6H,2-3H3. The second-order valence-electron chi connectivity index (χ2n) is 1.18. The second-order valence-corrected chi connectivity index (χ2v) is 2.63. The van der Waals surface area contributed by atoms with E-state index in [1.54, 1.807) is 11.8 Å². The molecular weight excluding hydrogens is 104 g/mol. The summed E-state index contributed by atoms with van der Waals surface area (Å²) in [6.45, 7) is 3.99. The zero-order valence-corrected chi connectivity index (χ0v) is 5.46. The molecule has 0 nitrogen and oxygen atoms in total. The summed E-state index contributed by atoms with van der Waals surface area (Å²) in [5, 5.41) is 0.338. The van der Waals surface area contributed by atoms with Crippen LogP contribution < -0.4 is 0 Å². The van der Waals surface area contributed by atoms with Crippen LogP contribution in [0.2, 0.25) is 0 Å². The van der Waals surface area contributed by atoms with Crippen LogP contribution in [0.4, 0.5) is 0 Å². The molecule has 1 unspecified atom stereocenters. The van der Waals surface area contributed by atoms with E-state index in [1.807, 2.05) is 19.6 Å². The van der Waals surface area contributed by atoms with E-state index in [0.29, 0.717) is 5.25 Å². The van der Waals surface area contributed by atoms with Gasteiger partial charge >= 0.3 is 0 Å². The van der Waals surface area contributed by atoms with Crippen LogP contribution in [-0.2, 0) is 0 Å². The largest absolute Gasteiger partial charge is 0.141 e. The average Bonchev–Trinajstić information content (AvgIpc) is 1.68. The maximum Gasteiger partial charge on any atom is 0.0629 e. The predicted octanol–water partition coefficient (Wildman–Crippen LogP) is 1.92. The van der Waals surface area contributed by atoms with Crippen LogP contribution in [0.5, 0.6) is 0 Å². The van der Waals surface area contributed by atoms with Crippen molar-refractivity contribution in [1.82, 2.24) is 0 Å². The van der Waals surface area contributed by atoms with E-state index in [0.717, 1.165) is 0 Å². The van der Waals surface area contributed by atoms with Gasteiger partial charge in [0.2, 0.25) is 0 Å². The Bertz CT molecular complexity index is 70.7. The summed E-state index contributed by atoms with van der Waals surface area (Å²) in [5.74, 6) is 4.60. The van der Waals surface area contributed by atoms with E-state index >= 15 is 0 Å². The van der Waals surface area contributed by atoms with Crippen molar-refractivity contribution >= 4 is 11.8 Å². The van der Waals surface area contributed by atoms with E-state index in [2.05, 4.69) is 5.92 Å². The fourth-order valence-corrected chi connectivity index (χ4v) is 0.730. The molecule has 0 aliphatic carbocycles. The first-order valence-electron chi connectivity index (χ1n) is 2.20. The molecule has 0 N–H and O–H groups in total. The molecule has 39 valence electrons. The van der Waals surface area contributed by atoms with Gasteiger partial charge in [-0.25, -0.2) is 0 Å². The Balaban J connectivity index is 3.04. The molecule has 0 saturated carbocycles. The molecule has 0 bridgehead atoms. The van der Waals surface area contributed by atoms with Crippen LogP contribution in [0.1, 0.15) is 13.8 Å². The van der Waals surface area contributed by atoms with Gasteiger partial charge < -0.3 is 0 Å². The molecule has 0 aliphatic rings. The summed E-state index contributed by atoms with van der Waals surface area (Å²) in [5.41, 5.74) is 0. The summed E-state index contributed by atoms with van der Waals surface area (Å²) in [6.07, 6.45) is 5.07. The van der Waals surface area contributed by atoms with Crippen molar-refractivity contribution in [2.45, 2.75) is 19.1 Å². The first-order valence-corrected chi connectivity index (χ1v) is 3.15. The third-order valence-electron chi connectivity index (χ3n) is 0.575. The summed E-state index contributed by atoms with van der Waals surface area (Å²) in [7, 11) is 0. The summed E-state index contributed by atoms with van der Waals surface area (Å²) < 4.78 is 0. The van der Waals surface area contributed by atoms with Crippen molar-refractivity contribution in [2.75, 3.05) is 0 Å². The van der Waals surface area contributed by atoms with Gasteiger partial charge in [-0.3, -0.25) is 0 Å². The zero-order valence-electron chi connectivity index (χ0n) is 4.64. The van der Waals surface area contributed by atoms with Crippen LogP contribution in [0.25, 0.3) is 0 Å². The third kappa shape index (κ3) is 3.75. The van der Waals surface area contributed by atoms with Crippen molar-refractivity contribution < 1.29 is 0 Å². The number of thioether (sulfide) groups is 1. The van der Waals surface area contributed by atoms with Gasteiger partial charge in [0.15, 0.2) is 0 Å². The number of hydrogen-bond donors (Lipinski definition) is 0. The highest BCUT2D eigenvalue weighted by Crippen LogP contribution is 2.10. The minimum Gasteiger partial charge on any atom is -0.141 e. The number of rotatable bonds is 2. The molecule has 0 spiro atoms. The molecule has 1 heteroatoms. The van der Waals surface area contributed by atoms with Crippen LogP contribution in [-0.4, -0.2) is 5.25 Å². The molecular formula is C6H9S. The fourth-order valence-electron chi connectivity index (χ4n) is 0.243. The van der Waals surface area contributed by atoms with Gasteiger partial charge in [-0.2, -0.15) is 0 Å². The van der Waals surface area contributed by atoms with Crippen LogP contribution >= 0.6 is 11.8 Å². The first kappa shape index (κ1) is 6.91. The van der Waals surface area contributed by atoms with E-state index in [1.165, 1.54) is 0 Å². The zero-order chi connectivity index (χ0) is 5.70. The van der Waals surface area contributed by atoms with Crippen molar-refractivity contribution in [3.63, 3.8) is 0 Å². The van der Waals surface area contributed by atoms with Crippen molar-refractivity contribution in [1.29, 1.82) is 0 Å². The van der Waals surface area contributed by atoms with E-state index in [-0.39, 0.29) is 0 Å². The van der Waals surface area contributed by atoms with Gasteiger partial charge in [-0.1, -0.05) is 12.8 Å². The molecule has 0 fully saturated rings. The van der Waals surface area contributed by atoms with Crippen LogP contribution in [0.15, 0.2) is 0 Å². The van der Waals surface area contributed by atoms with Crippen molar-refractivity contribution in [3.05, 3.63) is 5.75 Å². The Hall–Kier alpha value is -0.0900. The molecule has 0 amide bonds. The molecule has 0 heterocycles. The maximum absolute atomic E-state index is 5.07. The Morgan fingerprint density at radius 2 is 2.43 bits per heavy atom. The monoisotopic (exact) mass is 113 g/mol. The Morgan fingerprint density at radius 3 is 2.57 bits per heavy atom. The highest BCUT2D eigenvalue weighted by Gasteiger charge is 1.90. The third-order valence-corrected chi connectivity index (χ3v) is 1.39. The maximum atomic E-state index is 5.07. The minimum absolute atomic E-state index is 0.338. The van der Waals surface area contributed by atoms with Gasteiger partial charge in [-0.05, 0) is 6.92 Å². The van der Waals surface area contributed by atoms with Gasteiger partial charge in [-0.15, -0.1) is 18.2 Å². The fraction of sp³-hybridized carbons (Fsp3) is 0.500. The lowest BCUT2D eigenvalue weighted by Crippen LogP contribution is -1.85. The molecule has 0 aromatic carbocycles. The lowest BCUT2D eigenvalue weighted by Gasteiger charge is -1.95. The lowest BCUT2D eigenvalue weighted by atomic mass is 10.5. The molecule has 7 heavy (non-hydrogen) atoms. The summed E-state index contributed by atoms with van der Waals surface area (Å²) >= 11 is 1.67. The van der Waals surface area contributed by atoms with E-state index < -0.39 is 0 Å². The minimum atomic E-state index is 0.338. The van der Waals surface area contributed by atoms with Gasteiger partial charge in [0.1, 0.15) is 0 Å². The topological polar surface area (TPSA) is 0 Å². The lowest BCUT2D eigenvalue weighted by molar-refractivity contribution is 1.30. The smallest absolute Gasteiger partial charge is 0.0629 e. The van der Waals surface area contributed by atoms with Gasteiger partial charge in [0.05, 0.1) is 5.25 Å². The van der Waals surface area contributed by atoms with Crippen molar-refractivity contribution in [2.24, 2.45) is 0 Å². The summed E-state index contributed by atoms with van der Waals surface area (Å²) in [4.78, 5) is 0. The predicted molar refractivity (Wildman–Crippen MR) is 35.9 cm³/mol. The molecule has 0 rings (SSSR count). The van der Waals surface area contributed by atoms with Crippen LogP contribution in [0, 0.1) is 18.1 Å². The molecule has 1 atom stereocenters. The average molecular weight is 113 g/mol. The Morgan fingerprint density at radius 1 is 1.86 bits per heavy atom. The number of terminal acetylenes is 1. The molecule has 0 aromatic rings. The van der Waals surface area contributed by atoms with Crippen LogP contribution in [0.3, 0.4) is 0 Å². The SMILES string of the molecule is C#CC(C)S[CH]C. The second kappa shape index (κ2) is 4.08. The van der Waals surface area contributed by atoms with Crippen molar-refractivity contribution in [3.8, 4) is 12.3 Å². The highest BCUT2D eigenvalue weighted by atomic mass is 32.2. The van der Waals surface area contributed by atoms with Gasteiger partial charge in [0.25, 0.3) is 0 Å². The van der Waals surface area contributed by atoms with E-state index in [4.69, 9.17) is 6.42 Å². The van der Waals surface area contributed by atoms with E-state index in [9.17, 15) is 0 Å². The Labute approximate surface area is 49.7 Å². The van der Waals surface area contributed by atoms with Gasteiger partial charge in [0, 0.05) is 5.75 Å². The quantitative estimate of drug-likeness (QED) is 0.493. The first-order chi connectivity index (χ1) is 3.31. The molecule has 0 aromatic heterocycles. The molecule has 0 aliphatic heterocycles. The summed E-state index contributed by atoms with van der Waals surface area (Å²) in [6, 6.07) is 0. The number of hydrogen-bond acceptors (Lipinski definition) is 1. The normalized spacial score (nSPS) is 12.7. The molecule has 1 radical (unpaired) electrons.